The van der Waals surface area contributed by atoms with Gasteiger partial charge in [0.2, 0.25) is 0 Å². The van der Waals surface area contributed by atoms with Crippen molar-refractivity contribution in [2.75, 3.05) is 13.2 Å². The van der Waals surface area contributed by atoms with Crippen LogP contribution in [0.4, 0.5) is 4.79 Å². The highest BCUT2D eigenvalue weighted by Gasteiger charge is 2.17. The van der Waals surface area contributed by atoms with E-state index in [1.807, 2.05) is 76.4 Å². The van der Waals surface area contributed by atoms with Gasteiger partial charge in [0.1, 0.15) is 35.9 Å². The number of imidazole rings is 1. The summed E-state index contributed by atoms with van der Waals surface area (Å²) in [5.41, 5.74) is 3.34. The first-order valence-electron chi connectivity index (χ1n) is 12.8. The molecule has 0 bridgehead atoms. The van der Waals surface area contributed by atoms with Gasteiger partial charge in [0.15, 0.2) is 0 Å². The van der Waals surface area contributed by atoms with Crippen LogP contribution in [0.2, 0.25) is 0 Å². The van der Waals surface area contributed by atoms with Crippen LogP contribution in [0.5, 0.6) is 5.75 Å². The van der Waals surface area contributed by atoms with Crippen molar-refractivity contribution in [3.05, 3.63) is 66.1 Å². The number of ether oxygens (including phenoxy) is 3. The molecule has 8 nitrogen and oxygen atoms in total. The lowest BCUT2D eigenvalue weighted by Gasteiger charge is -2.19. The molecule has 196 valence electrons. The lowest BCUT2D eigenvalue weighted by Crippen LogP contribution is -2.33. The van der Waals surface area contributed by atoms with Crippen molar-refractivity contribution in [2.45, 2.75) is 65.9 Å². The first-order chi connectivity index (χ1) is 17.8. The molecule has 0 fully saturated rings. The Bertz CT molecular complexity index is 1330. The molecular weight excluding hydrogens is 468 g/mol. The van der Waals surface area contributed by atoms with Crippen LogP contribution in [0.3, 0.4) is 0 Å². The third-order valence-electron chi connectivity index (χ3n) is 5.78. The fraction of sp³-hybridized carbons (Fsp3) is 0.414. The minimum atomic E-state index is -0.504. The summed E-state index contributed by atoms with van der Waals surface area (Å²) in [6.45, 7) is 10.4. The van der Waals surface area contributed by atoms with Gasteiger partial charge in [-0.25, -0.2) is 9.78 Å². The zero-order chi connectivity index (χ0) is 26.3. The van der Waals surface area contributed by atoms with Crippen molar-refractivity contribution < 1.29 is 19.0 Å². The van der Waals surface area contributed by atoms with E-state index in [-0.39, 0.29) is 6.09 Å². The molecule has 0 aliphatic carbocycles. The van der Waals surface area contributed by atoms with Gasteiger partial charge >= 0.3 is 6.09 Å². The number of rotatable bonds is 11. The van der Waals surface area contributed by atoms with E-state index in [1.54, 1.807) is 0 Å². The summed E-state index contributed by atoms with van der Waals surface area (Å²) in [4.78, 5) is 21.4. The molecule has 0 saturated heterocycles. The fourth-order valence-corrected chi connectivity index (χ4v) is 4.12. The molecule has 2 aromatic heterocycles. The molecule has 0 atom stereocenters. The van der Waals surface area contributed by atoms with Crippen LogP contribution in [-0.2, 0) is 29.2 Å². The average molecular weight is 505 g/mol. The van der Waals surface area contributed by atoms with Gasteiger partial charge in [0.25, 0.3) is 0 Å². The van der Waals surface area contributed by atoms with Crippen LogP contribution < -0.4 is 10.1 Å². The largest absolute Gasteiger partial charge is 0.489 e. The Morgan fingerprint density at radius 3 is 2.59 bits per heavy atom. The maximum atomic E-state index is 11.9. The molecule has 2 aromatic carbocycles. The maximum Gasteiger partial charge on any atom is 0.407 e. The van der Waals surface area contributed by atoms with Crippen molar-refractivity contribution in [1.29, 1.82) is 0 Å². The molecule has 2 heterocycles. The molecule has 4 rings (SSSR count). The van der Waals surface area contributed by atoms with Gasteiger partial charge in [-0.3, -0.25) is 4.98 Å². The van der Waals surface area contributed by atoms with E-state index in [1.165, 1.54) is 0 Å². The average Bonchev–Trinajstić information content (AvgIpc) is 3.23. The second-order valence-electron chi connectivity index (χ2n) is 9.90. The predicted octanol–water partition coefficient (Wildman–Crippen LogP) is 6.00. The number of nitrogens with zero attached hydrogens (tertiary/aromatic N) is 3. The number of amides is 1. The highest BCUT2D eigenvalue weighted by atomic mass is 16.6. The zero-order valence-corrected chi connectivity index (χ0v) is 22.1. The summed E-state index contributed by atoms with van der Waals surface area (Å²) in [5, 5.41) is 3.85. The van der Waals surface area contributed by atoms with Gasteiger partial charge in [0, 0.05) is 31.1 Å². The van der Waals surface area contributed by atoms with E-state index in [0.717, 1.165) is 58.5 Å². The number of pyridine rings is 1. The number of aromatic nitrogens is 3. The fourth-order valence-electron chi connectivity index (χ4n) is 4.12. The van der Waals surface area contributed by atoms with Crippen molar-refractivity contribution in [3.63, 3.8) is 0 Å². The number of aryl methyl sites for hydroxylation is 1. The van der Waals surface area contributed by atoms with Crippen LogP contribution in [0, 0.1) is 0 Å². The molecule has 0 spiro atoms. The number of benzene rings is 2. The van der Waals surface area contributed by atoms with Crippen LogP contribution in [0.25, 0.3) is 21.9 Å². The van der Waals surface area contributed by atoms with E-state index in [0.29, 0.717) is 26.4 Å². The Labute approximate surface area is 218 Å². The number of nitrogens with one attached hydrogen (secondary N) is 1. The molecule has 0 aliphatic rings. The van der Waals surface area contributed by atoms with E-state index < -0.39 is 5.60 Å². The Morgan fingerprint density at radius 1 is 1.03 bits per heavy atom. The topological polar surface area (TPSA) is 87.5 Å². The lowest BCUT2D eigenvalue weighted by molar-refractivity contribution is 0.0527. The molecular formula is C29H36N4O4. The normalized spacial score (nSPS) is 11.7. The monoisotopic (exact) mass is 504 g/mol. The minimum Gasteiger partial charge on any atom is -0.489 e. The van der Waals surface area contributed by atoms with E-state index >= 15 is 0 Å². The molecule has 1 N–H and O–H groups in total. The highest BCUT2D eigenvalue weighted by molar-refractivity contribution is 6.02. The van der Waals surface area contributed by atoms with Crippen molar-refractivity contribution in [1.82, 2.24) is 19.9 Å². The maximum absolute atomic E-state index is 11.9. The molecule has 0 unspecified atom stereocenters. The van der Waals surface area contributed by atoms with Gasteiger partial charge in [0.05, 0.1) is 17.2 Å². The molecule has 8 heteroatoms. The first-order valence-corrected chi connectivity index (χ1v) is 12.8. The van der Waals surface area contributed by atoms with Gasteiger partial charge in [-0.1, -0.05) is 30.3 Å². The second-order valence-corrected chi connectivity index (χ2v) is 9.90. The third-order valence-corrected chi connectivity index (χ3v) is 5.78. The van der Waals surface area contributed by atoms with Gasteiger partial charge in [-0.05, 0) is 58.2 Å². The number of alkyl carbamates (subject to hydrolysis) is 1. The summed E-state index contributed by atoms with van der Waals surface area (Å²) in [6.07, 6.45) is 3.10. The van der Waals surface area contributed by atoms with E-state index in [9.17, 15) is 4.79 Å². The second kappa shape index (κ2) is 12.1. The number of carbonyl (C=O) groups excluding carboxylic acids is 1. The number of hydrogen-bond acceptors (Lipinski definition) is 6. The number of carbonyl (C=O) groups is 1. The van der Waals surface area contributed by atoms with E-state index in [4.69, 9.17) is 19.2 Å². The summed E-state index contributed by atoms with van der Waals surface area (Å²) in [5.74, 6) is 1.65. The molecule has 4 aromatic rings. The van der Waals surface area contributed by atoms with Crippen LogP contribution in [0.15, 0.2) is 54.7 Å². The Balaban J connectivity index is 1.50. The number of unbranched alkanes of at least 4 members (excludes halogenated alkanes) is 1. The molecule has 1 amide bonds. The first kappa shape index (κ1) is 26.4. The van der Waals surface area contributed by atoms with Gasteiger partial charge in [-0.2, -0.15) is 0 Å². The molecule has 0 aliphatic heterocycles. The summed E-state index contributed by atoms with van der Waals surface area (Å²) < 4.78 is 19.2. The molecule has 0 saturated carbocycles. The third kappa shape index (κ3) is 7.20. The summed E-state index contributed by atoms with van der Waals surface area (Å²) >= 11 is 0. The molecule has 37 heavy (non-hydrogen) atoms. The van der Waals surface area contributed by atoms with Crippen LogP contribution in [-0.4, -0.2) is 39.4 Å². The highest BCUT2D eigenvalue weighted by Crippen LogP contribution is 2.28. The van der Waals surface area contributed by atoms with Gasteiger partial charge < -0.3 is 24.1 Å². The Hall–Kier alpha value is -3.65. The van der Waals surface area contributed by atoms with Crippen LogP contribution in [0.1, 0.15) is 51.9 Å². The Morgan fingerprint density at radius 2 is 1.84 bits per heavy atom. The quantitative estimate of drug-likeness (QED) is 0.252. The van der Waals surface area contributed by atoms with E-state index in [2.05, 4.69) is 20.9 Å². The lowest BCUT2D eigenvalue weighted by atomic mass is 10.1. The minimum absolute atomic E-state index is 0.389. The SMILES string of the molecule is CCOCc1nc2cnc3cc(OCc4ccccc4)ccc3c2n1CCCCNC(=O)OC(C)(C)C. The van der Waals surface area contributed by atoms with Crippen LogP contribution >= 0.6 is 0 Å². The standard InChI is InChI=1S/C29H36N4O4/c1-5-35-20-26-32-25-18-31-24-17-22(36-19-21-11-7-6-8-12-21)13-14-23(24)27(25)33(26)16-10-9-15-30-28(34)37-29(2,3)4/h6-8,11-14,17-18H,5,9-10,15-16,19-20H2,1-4H3,(H,30,34). The summed E-state index contributed by atoms with van der Waals surface area (Å²) in [7, 11) is 0. The number of hydrogen-bond donors (Lipinski definition) is 1. The number of fused-ring (bicyclic) bond motifs is 3. The van der Waals surface area contributed by atoms with Gasteiger partial charge in [-0.15, -0.1) is 0 Å². The predicted molar refractivity (Wildman–Crippen MR) is 145 cm³/mol. The zero-order valence-electron chi connectivity index (χ0n) is 22.1. The van der Waals surface area contributed by atoms with Crippen molar-refractivity contribution in [2.24, 2.45) is 0 Å². The smallest absolute Gasteiger partial charge is 0.407 e. The van der Waals surface area contributed by atoms with Crippen molar-refractivity contribution >= 4 is 28.0 Å². The van der Waals surface area contributed by atoms with Crippen molar-refractivity contribution in [3.8, 4) is 5.75 Å². The summed E-state index contributed by atoms with van der Waals surface area (Å²) in [6, 6.07) is 16.1. The molecule has 0 radical (unpaired) electrons. The Kier molecular flexibility index (Phi) is 8.61.